The maximum Gasteiger partial charge on any atom is 0.246 e. The fourth-order valence-electron chi connectivity index (χ4n) is 1.88. The lowest BCUT2D eigenvalue weighted by Gasteiger charge is -2.19. The summed E-state index contributed by atoms with van der Waals surface area (Å²) >= 11 is 0. The van der Waals surface area contributed by atoms with Gasteiger partial charge in [0.2, 0.25) is 10.0 Å². The third kappa shape index (κ3) is 3.21. The first kappa shape index (κ1) is 13.8. The minimum absolute atomic E-state index is 0.211. The van der Waals surface area contributed by atoms with E-state index < -0.39 is 10.0 Å². The number of nitrogens with zero attached hydrogens (tertiary/aromatic N) is 2. The summed E-state index contributed by atoms with van der Waals surface area (Å²) in [7, 11) is -3.44. The number of sulfonamides is 1. The van der Waals surface area contributed by atoms with Crippen molar-refractivity contribution in [1.29, 1.82) is 0 Å². The molecule has 0 aliphatic rings. The van der Waals surface area contributed by atoms with Gasteiger partial charge in [0.05, 0.1) is 6.20 Å². The summed E-state index contributed by atoms with van der Waals surface area (Å²) in [6.45, 7) is 2.75. The second-order valence-electron chi connectivity index (χ2n) is 4.17. The molecule has 1 heterocycles. The number of nitrogens with one attached hydrogen (secondary N) is 1. The van der Waals surface area contributed by atoms with Crippen molar-refractivity contribution in [2.75, 3.05) is 13.1 Å². The smallest absolute Gasteiger partial charge is 0.246 e. The maximum atomic E-state index is 12.3. The van der Waals surface area contributed by atoms with Crippen molar-refractivity contribution >= 4 is 10.0 Å². The van der Waals surface area contributed by atoms with Crippen LogP contribution in [0.2, 0.25) is 0 Å². The lowest BCUT2D eigenvalue weighted by atomic mass is 10.1. The number of H-pyrrole nitrogens is 1. The van der Waals surface area contributed by atoms with E-state index in [1.165, 1.54) is 16.7 Å². The van der Waals surface area contributed by atoms with Crippen LogP contribution < -0.4 is 0 Å². The van der Waals surface area contributed by atoms with E-state index in [0.717, 1.165) is 5.56 Å². The van der Waals surface area contributed by atoms with E-state index >= 15 is 0 Å². The summed E-state index contributed by atoms with van der Waals surface area (Å²) in [5.41, 5.74) is 1.13. The first-order valence-corrected chi connectivity index (χ1v) is 7.61. The predicted octanol–water partition coefficient (Wildman–Crippen LogP) is 1.66. The number of hydrogen-bond donors (Lipinski definition) is 1. The first-order valence-electron chi connectivity index (χ1n) is 6.17. The van der Waals surface area contributed by atoms with Gasteiger partial charge in [-0.2, -0.15) is 9.40 Å². The summed E-state index contributed by atoms with van der Waals surface area (Å²) in [5, 5.41) is 6.23. The number of aromatic nitrogens is 2. The lowest BCUT2D eigenvalue weighted by molar-refractivity contribution is 0.431. The Bertz CT molecular complexity index is 594. The van der Waals surface area contributed by atoms with Gasteiger partial charge in [0.15, 0.2) is 0 Å². The molecule has 0 unspecified atom stereocenters. The van der Waals surface area contributed by atoms with Gasteiger partial charge in [-0.25, -0.2) is 8.42 Å². The van der Waals surface area contributed by atoms with Gasteiger partial charge >= 0.3 is 0 Å². The molecule has 6 heteroatoms. The largest absolute Gasteiger partial charge is 0.284 e. The molecule has 2 rings (SSSR count). The molecular formula is C13H17N3O2S. The van der Waals surface area contributed by atoms with Gasteiger partial charge in [0.25, 0.3) is 0 Å². The topological polar surface area (TPSA) is 66.1 Å². The second-order valence-corrected chi connectivity index (χ2v) is 6.10. The fraction of sp³-hybridized carbons (Fsp3) is 0.308. The van der Waals surface area contributed by atoms with Crippen molar-refractivity contribution in [2.24, 2.45) is 0 Å². The van der Waals surface area contributed by atoms with E-state index in [1.807, 2.05) is 37.3 Å². The number of aromatic amines is 1. The molecular weight excluding hydrogens is 262 g/mol. The van der Waals surface area contributed by atoms with Crippen LogP contribution in [-0.2, 0) is 16.4 Å². The Morgan fingerprint density at radius 2 is 2.00 bits per heavy atom. The Hall–Kier alpha value is -1.66. The third-order valence-electron chi connectivity index (χ3n) is 2.96. The molecule has 0 saturated heterocycles. The molecule has 0 aliphatic heterocycles. The van der Waals surface area contributed by atoms with Gasteiger partial charge in [-0.3, -0.25) is 5.10 Å². The van der Waals surface area contributed by atoms with Gasteiger partial charge < -0.3 is 0 Å². The molecule has 2 aromatic rings. The molecule has 0 aliphatic carbocycles. The average molecular weight is 279 g/mol. The van der Waals surface area contributed by atoms with Gasteiger partial charge in [0, 0.05) is 19.3 Å². The van der Waals surface area contributed by atoms with Crippen molar-refractivity contribution in [3.05, 3.63) is 48.3 Å². The van der Waals surface area contributed by atoms with E-state index in [9.17, 15) is 8.42 Å². The highest BCUT2D eigenvalue weighted by molar-refractivity contribution is 7.89. The Kier molecular flexibility index (Phi) is 4.34. The number of benzene rings is 1. The summed E-state index contributed by atoms with van der Waals surface area (Å²) in [6.07, 6.45) is 3.44. The van der Waals surface area contributed by atoms with Crippen LogP contribution in [0.25, 0.3) is 0 Å². The van der Waals surface area contributed by atoms with Crippen molar-refractivity contribution in [2.45, 2.75) is 18.2 Å². The van der Waals surface area contributed by atoms with Crippen LogP contribution in [0.3, 0.4) is 0 Å². The van der Waals surface area contributed by atoms with Crippen LogP contribution in [0.1, 0.15) is 12.5 Å². The standard InChI is InChI=1S/C13H17N3O2S/c1-2-16(9-8-12-6-4-3-5-7-12)19(17,18)13-10-14-15-11-13/h3-7,10-11H,2,8-9H2,1H3,(H,14,15). The quantitative estimate of drug-likeness (QED) is 0.874. The predicted molar refractivity (Wildman–Crippen MR) is 73.2 cm³/mol. The zero-order valence-electron chi connectivity index (χ0n) is 10.8. The Labute approximate surface area is 113 Å². The number of likely N-dealkylation sites (N-methyl/N-ethyl adjacent to an activating group) is 1. The minimum Gasteiger partial charge on any atom is -0.284 e. The van der Waals surface area contributed by atoms with Gasteiger partial charge in [-0.05, 0) is 12.0 Å². The molecule has 5 nitrogen and oxygen atoms in total. The summed E-state index contributed by atoms with van der Waals surface area (Å²) in [5.74, 6) is 0. The Morgan fingerprint density at radius 1 is 1.26 bits per heavy atom. The molecule has 1 aromatic carbocycles. The molecule has 102 valence electrons. The van der Waals surface area contributed by atoms with Crippen molar-refractivity contribution < 1.29 is 8.42 Å². The molecule has 0 fully saturated rings. The number of rotatable bonds is 6. The molecule has 0 atom stereocenters. The van der Waals surface area contributed by atoms with Crippen LogP contribution in [-0.4, -0.2) is 36.0 Å². The summed E-state index contributed by atoms with van der Waals surface area (Å²) in [4.78, 5) is 0.211. The second kappa shape index (κ2) is 5.99. The van der Waals surface area contributed by atoms with Gasteiger partial charge in [-0.1, -0.05) is 37.3 Å². The molecule has 1 aromatic heterocycles. The number of hydrogen-bond acceptors (Lipinski definition) is 3. The normalized spacial score (nSPS) is 11.9. The zero-order chi connectivity index (χ0) is 13.7. The maximum absolute atomic E-state index is 12.3. The highest BCUT2D eigenvalue weighted by atomic mass is 32.2. The van der Waals surface area contributed by atoms with Crippen LogP contribution in [0, 0.1) is 0 Å². The van der Waals surface area contributed by atoms with E-state index in [2.05, 4.69) is 10.2 Å². The summed E-state index contributed by atoms with van der Waals surface area (Å²) < 4.78 is 26.1. The van der Waals surface area contributed by atoms with Gasteiger partial charge in [0.1, 0.15) is 4.90 Å². The molecule has 0 radical (unpaired) electrons. The minimum atomic E-state index is -3.44. The van der Waals surface area contributed by atoms with Crippen LogP contribution in [0.4, 0.5) is 0 Å². The average Bonchev–Trinajstić information content (AvgIpc) is 2.95. The highest BCUT2D eigenvalue weighted by Gasteiger charge is 2.23. The van der Waals surface area contributed by atoms with Crippen molar-refractivity contribution in [3.63, 3.8) is 0 Å². The molecule has 19 heavy (non-hydrogen) atoms. The van der Waals surface area contributed by atoms with Crippen LogP contribution >= 0.6 is 0 Å². The first-order chi connectivity index (χ1) is 9.14. The van der Waals surface area contributed by atoms with Crippen LogP contribution in [0.5, 0.6) is 0 Å². The van der Waals surface area contributed by atoms with Crippen molar-refractivity contribution in [3.8, 4) is 0 Å². The van der Waals surface area contributed by atoms with E-state index in [-0.39, 0.29) is 4.90 Å². The molecule has 0 saturated carbocycles. The lowest BCUT2D eigenvalue weighted by Crippen LogP contribution is -2.32. The molecule has 0 bridgehead atoms. The molecule has 0 amide bonds. The van der Waals surface area contributed by atoms with E-state index in [4.69, 9.17) is 0 Å². The third-order valence-corrected chi connectivity index (χ3v) is 4.90. The highest BCUT2D eigenvalue weighted by Crippen LogP contribution is 2.14. The Morgan fingerprint density at radius 3 is 2.58 bits per heavy atom. The van der Waals surface area contributed by atoms with Crippen molar-refractivity contribution in [1.82, 2.24) is 14.5 Å². The zero-order valence-corrected chi connectivity index (χ0v) is 11.6. The van der Waals surface area contributed by atoms with Crippen LogP contribution in [0.15, 0.2) is 47.6 Å². The fourth-order valence-corrected chi connectivity index (χ4v) is 3.23. The monoisotopic (exact) mass is 279 g/mol. The molecule has 1 N–H and O–H groups in total. The molecule has 0 spiro atoms. The SMILES string of the molecule is CCN(CCc1ccccc1)S(=O)(=O)c1cn[nH]c1. The van der Waals surface area contributed by atoms with E-state index in [0.29, 0.717) is 19.5 Å². The van der Waals surface area contributed by atoms with Gasteiger partial charge in [-0.15, -0.1) is 0 Å². The summed E-state index contributed by atoms with van der Waals surface area (Å²) in [6, 6.07) is 9.85. The van der Waals surface area contributed by atoms with E-state index in [1.54, 1.807) is 0 Å². The Balaban J connectivity index is 2.09.